The highest BCUT2D eigenvalue weighted by atomic mass is 19.4. The minimum atomic E-state index is -4.39. The van der Waals surface area contributed by atoms with Crippen LogP contribution in [0.15, 0.2) is 61.1 Å². The molecule has 31 heavy (non-hydrogen) atoms. The summed E-state index contributed by atoms with van der Waals surface area (Å²) < 4.78 is 39.8. The number of aromatic nitrogens is 3. The highest BCUT2D eigenvalue weighted by molar-refractivity contribution is 6.04. The number of nitrogens with one attached hydrogen (secondary N) is 2. The van der Waals surface area contributed by atoms with Gasteiger partial charge in [-0.2, -0.15) is 18.3 Å². The van der Waals surface area contributed by atoms with Crippen molar-refractivity contribution in [2.75, 3.05) is 5.32 Å². The summed E-state index contributed by atoms with van der Waals surface area (Å²) in [6.45, 7) is 1.71. The maximum atomic E-state index is 12.8. The Labute approximate surface area is 175 Å². The SMILES string of the molecule is CCC(O)C(=O)Nc1c[nH]c2ccc(-c3cnn(-c4ccc(C(F)(F)F)cc4)c3)cc12. The Morgan fingerprint density at radius 3 is 2.61 bits per heavy atom. The molecule has 2 aromatic heterocycles. The number of aliphatic hydroxyl groups is 1. The lowest BCUT2D eigenvalue weighted by atomic mass is 10.1. The van der Waals surface area contributed by atoms with Crippen LogP contribution in [-0.2, 0) is 11.0 Å². The van der Waals surface area contributed by atoms with Gasteiger partial charge >= 0.3 is 6.18 Å². The van der Waals surface area contributed by atoms with Gasteiger partial charge in [-0.05, 0) is 48.4 Å². The molecule has 2 heterocycles. The predicted octanol–water partition coefficient (Wildman–Crippen LogP) is 4.75. The second-order valence-electron chi connectivity index (χ2n) is 7.09. The van der Waals surface area contributed by atoms with Crippen LogP contribution in [0.4, 0.5) is 18.9 Å². The minimum Gasteiger partial charge on any atom is -0.383 e. The first-order valence-electron chi connectivity index (χ1n) is 9.59. The number of hydrogen-bond acceptors (Lipinski definition) is 3. The minimum absolute atomic E-state index is 0.308. The summed E-state index contributed by atoms with van der Waals surface area (Å²) >= 11 is 0. The summed E-state index contributed by atoms with van der Waals surface area (Å²) in [5, 5.41) is 17.4. The molecule has 0 saturated carbocycles. The lowest BCUT2D eigenvalue weighted by Crippen LogP contribution is -2.26. The van der Waals surface area contributed by atoms with Gasteiger partial charge in [-0.1, -0.05) is 13.0 Å². The molecule has 0 aliphatic rings. The number of carbonyl (C=O) groups is 1. The maximum Gasteiger partial charge on any atom is 0.416 e. The summed E-state index contributed by atoms with van der Waals surface area (Å²) in [6, 6.07) is 10.4. The van der Waals surface area contributed by atoms with E-state index in [1.54, 1.807) is 25.5 Å². The fourth-order valence-electron chi connectivity index (χ4n) is 3.22. The van der Waals surface area contributed by atoms with E-state index in [2.05, 4.69) is 15.4 Å². The average molecular weight is 428 g/mol. The number of hydrogen-bond donors (Lipinski definition) is 3. The number of alkyl halides is 3. The molecule has 160 valence electrons. The molecule has 1 unspecified atom stereocenters. The number of nitrogens with zero attached hydrogens (tertiary/aromatic N) is 2. The largest absolute Gasteiger partial charge is 0.416 e. The third-order valence-electron chi connectivity index (χ3n) is 5.00. The maximum absolute atomic E-state index is 12.8. The van der Waals surface area contributed by atoms with Gasteiger partial charge in [0.25, 0.3) is 5.91 Å². The van der Waals surface area contributed by atoms with E-state index in [1.807, 2.05) is 18.2 Å². The van der Waals surface area contributed by atoms with Crippen molar-refractivity contribution in [3.63, 3.8) is 0 Å². The number of rotatable bonds is 5. The van der Waals surface area contributed by atoms with Crippen molar-refractivity contribution in [3.05, 3.63) is 66.6 Å². The standard InChI is InChI=1S/C22H19F3N4O2/c1-2-20(30)21(31)28-19-11-26-18-8-3-13(9-17(18)19)14-10-27-29(12-14)16-6-4-15(5-7-16)22(23,24)25/h3-12,20,26,30H,2H2,1H3,(H,28,31). The Kier molecular flexibility index (Phi) is 5.28. The molecule has 3 N–H and O–H groups in total. The molecule has 1 amide bonds. The van der Waals surface area contributed by atoms with Crippen molar-refractivity contribution < 1.29 is 23.1 Å². The van der Waals surface area contributed by atoms with Crippen molar-refractivity contribution in [2.24, 2.45) is 0 Å². The first-order valence-corrected chi connectivity index (χ1v) is 9.59. The quantitative estimate of drug-likeness (QED) is 0.429. The number of carbonyl (C=O) groups excluding carboxylic acids is 1. The Morgan fingerprint density at radius 2 is 1.94 bits per heavy atom. The Hall–Kier alpha value is -3.59. The number of H-pyrrole nitrogens is 1. The van der Waals surface area contributed by atoms with Crippen LogP contribution in [0.5, 0.6) is 0 Å². The third kappa shape index (κ3) is 4.17. The topological polar surface area (TPSA) is 82.9 Å². The number of benzene rings is 2. The molecule has 4 rings (SSSR count). The van der Waals surface area contributed by atoms with Crippen molar-refractivity contribution in [3.8, 4) is 16.8 Å². The zero-order chi connectivity index (χ0) is 22.2. The molecule has 0 bridgehead atoms. The summed E-state index contributed by atoms with van der Waals surface area (Å²) in [7, 11) is 0. The molecule has 0 fully saturated rings. The number of aromatic amines is 1. The van der Waals surface area contributed by atoms with Gasteiger partial charge in [0.15, 0.2) is 0 Å². The molecular weight excluding hydrogens is 409 g/mol. The molecule has 1 atom stereocenters. The van der Waals surface area contributed by atoms with Crippen molar-refractivity contribution >= 4 is 22.5 Å². The van der Waals surface area contributed by atoms with Crippen LogP contribution in [0.3, 0.4) is 0 Å². The van der Waals surface area contributed by atoms with E-state index in [4.69, 9.17) is 0 Å². The van der Waals surface area contributed by atoms with Crippen molar-refractivity contribution in [1.29, 1.82) is 0 Å². The van der Waals surface area contributed by atoms with Gasteiger partial charge in [-0.25, -0.2) is 4.68 Å². The van der Waals surface area contributed by atoms with E-state index in [-0.39, 0.29) is 0 Å². The van der Waals surface area contributed by atoms with Crippen LogP contribution >= 0.6 is 0 Å². The number of anilines is 1. The van der Waals surface area contributed by atoms with Crippen LogP contribution in [0.1, 0.15) is 18.9 Å². The molecule has 0 spiro atoms. The second-order valence-corrected chi connectivity index (χ2v) is 7.09. The van der Waals surface area contributed by atoms with Crippen molar-refractivity contribution in [2.45, 2.75) is 25.6 Å². The van der Waals surface area contributed by atoms with E-state index < -0.39 is 23.8 Å². The fourth-order valence-corrected chi connectivity index (χ4v) is 3.22. The number of aliphatic hydroxyl groups excluding tert-OH is 1. The van der Waals surface area contributed by atoms with Gasteiger partial charge < -0.3 is 15.4 Å². The zero-order valence-electron chi connectivity index (χ0n) is 16.4. The van der Waals surface area contributed by atoms with E-state index in [1.165, 1.54) is 16.8 Å². The van der Waals surface area contributed by atoms with E-state index in [0.717, 1.165) is 34.2 Å². The lowest BCUT2D eigenvalue weighted by molar-refractivity contribution is -0.137. The molecule has 0 saturated heterocycles. The molecule has 0 aliphatic carbocycles. The summed E-state index contributed by atoms with van der Waals surface area (Å²) in [6.07, 6.45) is -0.182. The second kappa shape index (κ2) is 7.92. The summed E-state index contributed by atoms with van der Waals surface area (Å²) in [4.78, 5) is 15.1. The van der Waals surface area contributed by atoms with Gasteiger partial charge in [0.1, 0.15) is 6.10 Å². The van der Waals surface area contributed by atoms with Crippen LogP contribution in [0.2, 0.25) is 0 Å². The smallest absolute Gasteiger partial charge is 0.383 e. The lowest BCUT2D eigenvalue weighted by Gasteiger charge is -2.08. The monoisotopic (exact) mass is 428 g/mol. The van der Waals surface area contributed by atoms with Gasteiger partial charge in [0.2, 0.25) is 0 Å². The number of halogens is 3. The average Bonchev–Trinajstić information content (AvgIpc) is 3.40. The van der Waals surface area contributed by atoms with Crippen LogP contribution in [0.25, 0.3) is 27.7 Å². The fraction of sp³-hybridized carbons (Fsp3) is 0.182. The Balaban J connectivity index is 1.62. The van der Waals surface area contributed by atoms with Gasteiger partial charge in [0.05, 0.1) is 23.1 Å². The Bertz CT molecular complexity index is 1230. The van der Waals surface area contributed by atoms with E-state index >= 15 is 0 Å². The molecule has 6 nitrogen and oxygen atoms in total. The predicted molar refractivity (Wildman–Crippen MR) is 111 cm³/mol. The van der Waals surface area contributed by atoms with Crippen molar-refractivity contribution in [1.82, 2.24) is 14.8 Å². The summed E-state index contributed by atoms with van der Waals surface area (Å²) in [5.41, 5.74) is 2.71. The Morgan fingerprint density at radius 1 is 1.19 bits per heavy atom. The van der Waals surface area contributed by atoms with Gasteiger partial charge in [0, 0.05) is 28.9 Å². The molecular formula is C22H19F3N4O2. The molecule has 0 aliphatic heterocycles. The first kappa shape index (κ1) is 20.7. The van der Waals surface area contributed by atoms with Crippen LogP contribution < -0.4 is 5.32 Å². The highest BCUT2D eigenvalue weighted by Crippen LogP contribution is 2.31. The molecule has 2 aromatic carbocycles. The summed E-state index contributed by atoms with van der Waals surface area (Å²) in [5.74, 6) is -0.482. The normalized spacial score (nSPS) is 12.8. The van der Waals surface area contributed by atoms with Crippen LogP contribution in [-0.4, -0.2) is 31.9 Å². The van der Waals surface area contributed by atoms with E-state index in [9.17, 15) is 23.1 Å². The molecule has 9 heteroatoms. The third-order valence-corrected chi connectivity index (χ3v) is 5.00. The number of amides is 1. The first-order chi connectivity index (χ1) is 14.8. The molecule has 4 aromatic rings. The van der Waals surface area contributed by atoms with E-state index in [0.29, 0.717) is 17.8 Å². The highest BCUT2D eigenvalue weighted by Gasteiger charge is 2.30. The van der Waals surface area contributed by atoms with Gasteiger partial charge in [-0.15, -0.1) is 0 Å². The molecule has 0 radical (unpaired) electrons. The number of fused-ring (bicyclic) bond motifs is 1. The van der Waals surface area contributed by atoms with Gasteiger partial charge in [-0.3, -0.25) is 4.79 Å². The van der Waals surface area contributed by atoms with Crippen LogP contribution in [0, 0.1) is 0 Å². The zero-order valence-corrected chi connectivity index (χ0v) is 16.4.